The molecule has 0 saturated heterocycles. The predicted octanol–water partition coefficient (Wildman–Crippen LogP) is 3.12. The summed E-state index contributed by atoms with van der Waals surface area (Å²) in [5.74, 6) is -0.374. The second kappa shape index (κ2) is 8.06. The fourth-order valence-electron chi connectivity index (χ4n) is 3.78. The van der Waals surface area contributed by atoms with Crippen molar-refractivity contribution < 1.29 is 14.0 Å². The summed E-state index contributed by atoms with van der Waals surface area (Å²) in [5, 5.41) is 2.67. The van der Waals surface area contributed by atoms with Gasteiger partial charge in [-0.1, -0.05) is 20.8 Å². The average molecular weight is 400 g/mol. The largest absolute Gasteiger partial charge is 0.359 e. The van der Waals surface area contributed by atoms with Gasteiger partial charge in [0, 0.05) is 38.7 Å². The maximum Gasteiger partial charge on any atom is 0.223 e. The lowest BCUT2D eigenvalue weighted by atomic mass is 9.77. The van der Waals surface area contributed by atoms with Crippen LogP contribution in [0, 0.1) is 17.2 Å². The number of ketones is 1. The van der Waals surface area contributed by atoms with E-state index < -0.39 is 5.92 Å². The number of benzene rings is 1. The molecule has 2 aromatic rings. The van der Waals surface area contributed by atoms with E-state index in [0.717, 1.165) is 17.8 Å². The number of Topliss-reactive ketones (excluding diaryl/α,β-unsaturated/α-hetero) is 1. The molecule has 1 aliphatic heterocycles. The summed E-state index contributed by atoms with van der Waals surface area (Å²) in [7, 11) is 3.59. The van der Waals surface area contributed by atoms with Gasteiger partial charge in [0.05, 0.1) is 11.6 Å². The minimum Gasteiger partial charge on any atom is -0.359 e. The Morgan fingerprint density at radius 3 is 2.45 bits per heavy atom. The van der Waals surface area contributed by atoms with Crippen LogP contribution in [-0.2, 0) is 17.9 Å². The zero-order valence-electron chi connectivity index (χ0n) is 17.8. The van der Waals surface area contributed by atoms with E-state index in [9.17, 15) is 14.0 Å². The van der Waals surface area contributed by atoms with Gasteiger partial charge in [-0.3, -0.25) is 14.5 Å². The van der Waals surface area contributed by atoms with Crippen LogP contribution in [0.5, 0.6) is 0 Å². The summed E-state index contributed by atoms with van der Waals surface area (Å²) in [4.78, 5) is 32.5. The molecule has 3 rings (SSSR count). The minimum atomic E-state index is -0.451. The topological polar surface area (TPSA) is 67.2 Å². The van der Waals surface area contributed by atoms with Crippen LogP contribution in [0.3, 0.4) is 0 Å². The SMILES string of the molecule is CNC(=O)[C@@H](CC(=O)c1nc(-c2ccc(F)cc2)n2c1CN(C)CC2)C(C)(C)C. The molecule has 2 heterocycles. The molecule has 1 N–H and O–H groups in total. The van der Waals surface area contributed by atoms with Crippen LogP contribution < -0.4 is 5.32 Å². The molecule has 1 atom stereocenters. The molecule has 7 heteroatoms. The van der Waals surface area contributed by atoms with Gasteiger partial charge in [0.1, 0.15) is 17.3 Å². The number of rotatable bonds is 5. The number of halogens is 1. The third kappa shape index (κ3) is 4.40. The van der Waals surface area contributed by atoms with E-state index in [-0.39, 0.29) is 29.3 Å². The number of aromatic nitrogens is 2. The highest BCUT2D eigenvalue weighted by molar-refractivity contribution is 5.98. The van der Waals surface area contributed by atoms with Crippen molar-refractivity contribution in [2.75, 3.05) is 20.6 Å². The van der Waals surface area contributed by atoms with Gasteiger partial charge >= 0.3 is 0 Å². The number of fused-ring (bicyclic) bond motifs is 1. The molecule has 156 valence electrons. The summed E-state index contributed by atoms with van der Waals surface area (Å²) in [6, 6.07) is 6.16. The summed E-state index contributed by atoms with van der Waals surface area (Å²) < 4.78 is 15.4. The van der Waals surface area contributed by atoms with Gasteiger partial charge in [-0.2, -0.15) is 0 Å². The number of imidazole rings is 1. The molecule has 0 radical (unpaired) electrons. The Kier molecular flexibility index (Phi) is 5.89. The number of hydrogen-bond donors (Lipinski definition) is 1. The molecule has 0 spiro atoms. The highest BCUT2D eigenvalue weighted by Gasteiger charge is 2.35. The minimum absolute atomic E-state index is 0.0970. The Labute approximate surface area is 171 Å². The fourth-order valence-corrected chi connectivity index (χ4v) is 3.78. The summed E-state index contributed by atoms with van der Waals surface area (Å²) in [6.07, 6.45) is 0.0970. The van der Waals surface area contributed by atoms with Gasteiger partial charge in [-0.25, -0.2) is 9.37 Å². The Bertz CT molecular complexity index is 912. The van der Waals surface area contributed by atoms with Gasteiger partial charge < -0.3 is 9.88 Å². The predicted molar refractivity (Wildman–Crippen MR) is 110 cm³/mol. The zero-order valence-corrected chi connectivity index (χ0v) is 17.8. The highest BCUT2D eigenvalue weighted by atomic mass is 19.1. The molecule has 1 amide bonds. The number of amides is 1. The Morgan fingerprint density at radius 1 is 1.21 bits per heavy atom. The van der Waals surface area contributed by atoms with Gasteiger partial charge in [0.2, 0.25) is 5.91 Å². The van der Waals surface area contributed by atoms with Crippen LogP contribution >= 0.6 is 0 Å². The van der Waals surface area contributed by atoms with Crippen LogP contribution in [0.4, 0.5) is 4.39 Å². The molecule has 1 aromatic heterocycles. The van der Waals surface area contributed by atoms with Crippen LogP contribution in [0.1, 0.15) is 43.4 Å². The van der Waals surface area contributed by atoms with Gasteiger partial charge in [-0.15, -0.1) is 0 Å². The fraction of sp³-hybridized carbons (Fsp3) is 0.500. The number of nitrogens with zero attached hydrogens (tertiary/aromatic N) is 3. The molecule has 29 heavy (non-hydrogen) atoms. The van der Waals surface area contributed by atoms with Crippen molar-refractivity contribution >= 4 is 11.7 Å². The molecule has 6 nitrogen and oxygen atoms in total. The number of likely N-dealkylation sites (N-methyl/N-ethyl adjacent to an activating group) is 1. The third-order valence-electron chi connectivity index (χ3n) is 5.56. The molecule has 0 unspecified atom stereocenters. The lowest BCUT2D eigenvalue weighted by Crippen LogP contribution is -2.38. The molecule has 0 fully saturated rings. The average Bonchev–Trinajstić information content (AvgIpc) is 3.03. The quantitative estimate of drug-likeness (QED) is 0.783. The summed E-state index contributed by atoms with van der Waals surface area (Å²) in [6.45, 7) is 8.03. The normalized spacial score (nSPS) is 15.7. The van der Waals surface area contributed by atoms with E-state index in [1.807, 2.05) is 32.4 Å². The van der Waals surface area contributed by atoms with Gasteiger partial charge in [0.15, 0.2) is 5.78 Å². The first kappa shape index (κ1) is 21.2. The van der Waals surface area contributed by atoms with Crippen molar-refractivity contribution in [3.8, 4) is 11.4 Å². The third-order valence-corrected chi connectivity index (χ3v) is 5.56. The second-order valence-electron chi connectivity index (χ2n) is 8.79. The van der Waals surface area contributed by atoms with Crippen molar-refractivity contribution in [3.05, 3.63) is 41.5 Å². The van der Waals surface area contributed by atoms with Crippen molar-refractivity contribution in [2.24, 2.45) is 11.3 Å². The number of hydrogen-bond acceptors (Lipinski definition) is 4. The monoisotopic (exact) mass is 400 g/mol. The van der Waals surface area contributed by atoms with Gasteiger partial charge in [-0.05, 0) is 36.7 Å². The number of carbonyl (C=O) groups excluding carboxylic acids is 2. The molecular weight excluding hydrogens is 371 g/mol. The van der Waals surface area contributed by atoms with Crippen LogP contribution in [0.15, 0.2) is 24.3 Å². The number of carbonyl (C=O) groups is 2. The first-order chi connectivity index (χ1) is 13.6. The van der Waals surface area contributed by atoms with Crippen molar-refractivity contribution in [2.45, 2.75) is 40.3 Å². The van der Waals surface area contributed by atoms with E-state index in [2.05, 4.69) is 15.2 Å². The molecule has 1 aliphatic rings. The van der Waals surface area contributed by atoms with Gasteiger partial charge in [0.25, 0.3) is 0 Å². The summed E-state index contributed by atoms with van der Waals surface area (Å²) >= 11 is 0. The zero-order chi connectivity index (χ0) is 21.3. The molecular formula is C22H29FN4O2. The van der Waals surface area contributed by atoms with Crippen molar-refractivity contribution in [3.63, 3.8) is 0 Å². The molecule has 0 saturated carbocycles. The van der Waals surface area contributed by atoms with Crippen LogP contribution in [0.25, 0.3) is 11.4 Å². The Hall–Kier alpha value is -2.54. The van der Waals surface area contributed by atoms with Crippen LogP contribution in [0.2, 0.25) is 0 Å². The van der Waals surface area contributed by atoms with E-state index in [1.54, 1.807) is 19.2 Å². The summed E-state index contributed by atoms with van der Waals surface area (Å²) in [5.41, 5.74) is 1.68. The highest BCUT2D eigenvalue weighted by Crippen LogP contribution is 2.32. The second-order valence-corrected chi connectivity index (χ2v) is 8.79. The Balaban J connectivity index is 2.01. The van der Waals surface area contributed by atoms with E-state index in [4.69, 9.17) is 0 Å². The Morgan fingerprint density at radius 2 is 1.86 bits per heavy atom. The number of nitrogens with one attached hydrogen (secondary N) is 1. The van der Waals surface area contributed by atoms with Crippen molar-refractivity contribution in [1.82, 2.24) is 19.8 Å². The molecule has 0 bridgehead atoms. The first-order valence-electron chi connectivity index (χ1n) is 9.90. The van der Waals surface area contributed by atoms with Crippen LogP contribution in [-0.4, -0.2) is 46.8 Å². The van der Waals surface area contributed by atoms with E-state index >= 15 is 0 Å². The smallest absolute Gasteiger partial charge is 0.223 e. The maximum atomic E-state index is 13.4. The molecule has 1 aromatic carbocycles. The lowest BCUT2D eigenvalue weighted by molar-refractivity contribution is -0.127. The first-order valence-corrected chi connectivity index (χ1v) is 9.90. The van der Waals surface area contributed by atoms with E-state index in [1.165, 1.54) is 12.1 Å². The standard InChI is InChI=1S/C22H29FN4O2/c1-22(2,3)16(21(29)24-4)12-18(28)19-17-13-26(5)10-11-27(17)20(25-19)14-6-8-15(23)9-7-14/h6-9,16H,10-13H2,1-5H3,(H,24,29)/t16-/m1/s1. The maximum absolute atomic E-state index is 13.4. The van der Waals surface area contributed by atoms with Crippen molar-refractivity contribution in [1.29, 1.82) is 0 Å². The lowest BCUT2D eigenvalue weighted by Gasteiger charge is -2.29. The molecule has 0 aliphatic carbocycles. The van der Waals surface area contributed by atoms with E-state index in [0.29, 0.717) is 24.6 Å².